The van der Waals surface area contributed by atoms with Gasteiger partial charge in [-0.05, 0) is 44.1 Å². The minimum absolute atomic E-state index is 0.0251. The van der Waals surface area contributed by atoms with Crippen molar-refractivity contribution >= 4 is 28.9 Å². The molecule has 2 heterocycles. The van der Waals surface area contributed by atoms with Crippen LogP contribution in [0.3, 0.4) is 0 Å². The third kappa shape index (κ3) is 6.08. The molecule has 1 unspecified atom stereocenters. The van der Waals surface area contributed by atoms with Gasteiger partial charge in [0.15, 0.2) is 0 Å². The van der Waals surface area contributed by atoms with E-state index in [0.29, 0.717) is 23.1 Å². The molecule has 1 atom stereocenters. The number of carbonyl (C=O) groups is 2. The van der Waals surface area contributed by atoms with Crippen molar-refractivity contribution in [3.63, 3.8) is 0 Å². The molecule has 2 N–H and O–H groups in total. The maximum Gasteiger partial charge on any atom is 0.348 e. The van der Waals surface area contributed by atoms with Gasteiger partial charge in [0.25, 0.3) is 0 Å². The number of thiophene rings is 1. The Morgan fingerprint density at radius 1 is 1.22 bits per heavy atom. The van der Waals surface area contributed by atoms with E-state index >= 15 is 0 Å². The van der Waals surface area contributed by atoms with E-state index in [1.165, 1.54) is 0 Å². The molecule has 27 heavy (non-hydrogen) atoms. The summed E-state index contributed by atoms with van der Waals surface area (Å²) in [6.45, 7) is 7.56. The van der Waals surface area contributed by atoms with Crippen molar-refractivity contribution in [3.8, 4) is 11.8 Å². The third-order valence-corrected chi connectivity index (χ3v) is 5.94. The summed E-state index contributed by atoms with van der Waals surface area (Å²) < 4.78 is 5.29. The number of hydrogen-bond donors (Lipinski definition) is 2. The number of rotatable bonds is 3. The van der Waals surface area contributed by atoms with E-state index in [1.807, 2.05) is 13.8 Å². The third-order valence-electron chi connectivity index (χ3n) is 4.90. The summed E-state index contributed by atoms with van der Waals surface area (Å²) in [7, 11) is 0. The number of anilines is 1. The van der Waals surface area contributed by atoms with Crippen LogP contribution in [-0.2, 0) is 9.53 Å². The molecule has 3 rings (SSSR count). The van der Waals surface area contributed by atoms with Gasteiger partial charge in [-0.3, -0.25) is 4.79 Å². The van der Waals surface area contributed by atoms with Crippen LogP contribution in [0.2, 0.25) is 0 Å². The molecule has 1 amide bonds. The summed E-state index contributed by atoms with van der Waals surface area (Å²) in [5, 5.41) is 12.2. The Bertz CT molecular complexity index is 701. The smallest absolute Gasteiger partial charge is 0.348 e. The van der Waals surface area contributed by atoms with Crippen LogP contribution in [-0.4, -0.2) is 30.2 Å². The average molecular weight is 392 g/mol. The fraction of sp³-hybridized carbons (Fsp3) is 0.619. The fourth-order valence-electron chi connectivity index (χ4n) is 3.28. The van der Waals surface area contributed by atoms with Crippen molar-refractivity contribution in [2.45, 2.75) is 52.9 Å². The summed E-state index contributed by atoms with van der Waals surface area (Å²) >= 11 is 1.11. The molecule has 1 aliphatic heterocycles. The van der Waals surface area contributed by atoms with E-state index in [2.05, 4.69) is 24.1 Å². The van der Waals surface area contributed by atoms with Gasteiger partial charge in [-0.25, -0.2) is 4.79 Å². The second-order valence-electron chi connectivity index (χ2n) is 6.93. The predicted molar refractivity (Wildman–Crippen MR) is 108 cm³/mol. The van der Waals surface area contributed by atoms with Gasteiger partial charge < -0.3 is 15.2 Å². The van der Waals surface area contributed by atoms with Crippen LogP contribution in [0, 0.1) is 29.6 Å². The van der Waals surface area contributed by atoms with Crippen molar-refractivity contribution < 1.29 is 19.4 Å². The molecule has 0 aromatic carbocycles. The monoisotopic (exact) mass is 391 g/mol. The lowest BCUT2D eigenvalue weighted by molar-refractivity contribution is -0.121. The lowest BCUT2D eigenvalue weighted by Crippen LogP contribution is -2.27. The van der Waals surface area contributed by atoms with E-state index in [4.69, 9.17) is 4.74 Å². The highest BCUT2D eigenvalue weighted by Crippen LogP contribution is 2.31. The van der Waals surface area contributed by atoms with Crippen molar-refractivity contribution in [1.29, 1.82) is 0 Å². The Kier molecular flexibility index (Phi) is 8.33. The van der Waals surface area contributed by atoms with Crippen molar-refractivity contribution in [2.75, 3.05) is 18.5 Å². The van der Waals surface area contributed by atoms with Gasteiger partial charge in [0.2, 0.25) is 5.91 Å². The summed E-state index contributed by atoms with van der Waals surface area (Å²) in [6, 6.07) is 1.68. The molecular formula is C21H29NO4S. The van der Waals surface area contributed by atoms with E-state index in [9.17, 15) is 14.7 Å². The molecular weight excluding hydrogens is 362 g/mol. The molecule has 1 saturated heterocycles. The molecule has 0 bridgehead atoms. The van der Waals surface area contributed by atoms with Crippen LogP contribution in [0.25, 0.3) is 0 Å². The van der Waals surface area contributed by atoms with Crippen LogP contribution in [0.15, 0.2) is 6.07 Å². The summed E-state index contributed by atoms with van der Waals surface area (Å²) in [5.41, 5.74) is 0.369. The van der Waals surface area contributed by atoms with Gasteiger partial charge >= 0.3 is 5.97 Å². The summed E-state index contributed by atoms with van der Waals surface area (Å²) in [4.78, 5) is 24.8. The minimum Gasteiger partial charge on any atom is -0.477 e. The number of ether oxygens (including phenoxy) is 1. The Labute approximate surface area is 165 Å². The second kappa shape index (κ2) is 10.5. The quantitative estimate of drug-likeness (QED) is 0.737. The zero-order valence-corrected chi connectivity index (χ0v) is 17.2. The summed E-state index contributed by atoms with van der Waals surface area (Å²) in [5.74, 6) is 5.91. The van der Waals surface area contributed by atoms with Crippen molar-refractivity contribution in [1.82, 2.24) is 0 Å². The van der Waals surface area contributed by atoms with Gasteiger partial charge in [-0.2, -0.15) is 0 Å². The van der Waals surface area contributed by atoms with Gasteiger partial charge in [-0.1, -0.05) is 32.6 Å². The maximum absolute atomic E-state index is 12.5. The first-order chi connectivity index (χ1) is 13.0. The van der Waals surface area contributed by atoms with Gasteiger partial charge in [0.1, 0.15) is 4.88 Å². The Morgan fingerprint density at radius 3 is 2.52 bits per heavy atom. The molecule has 0 radical (unpaired) electrons. The minimum atomic E-state index is -1.03. The zero-order valence-electron chi connectivity index (χ0n) is 16.3. The first-order valence-electron chi connectivity index (χ1n) is 9.80. The number of carbonyl (C=O) groups excluding carboxylic acids is 1. The number of carboxylic acid groups (broad SMARTS) is 1. The molecule has 2 aliphatic rings. The lowest BCUT2D eigenvalue weighted by Gasteiger charge is -2.25. The van der Waals surface area contributed by atoms with Gasteiger partial charge in [0, 0.05) is 18.4 Å². The number of nitrogens with one attached hydrogen (secondary N) is 1. The van der Waals surface area contributed by atoms with Crippen molar-refractivity contribution in [3.05, 3.63) is 15.8 Å². The zero-order chi connectivity index (χ0) is 19.8. The van der Waals surface area contributed by atoms with Gasteiger partial charge in [0.05, 0.1) is 17.2 Å². The number of carboxylic acids is 1. The van der Waals surface area contributed by atoms with E-state index < -0.39 is 5.97 Å². The molecule has 5 nitrogen and oxygen atoms in total. The molecule has 0 spiro atoms. The van der Waals surface area contributed by atoms with E-state index in [1.54, 1.807) is 6.07 Å². The number of aromatic carboxylic acids is 1. The van der Waals surface area contributed by atoms with Gasteiger partial charge in [-0.15, -0.1) is 11.3 Å². The molecule has 1 aromatic heterocycles. The normalized spacial score (nSPS) is 24.2. The Balaban J connectivity index is 0.00000126. The number of amides is 1. The lowest BCUT2D eigenvalue weighted by atomic mass is 9.82. The van der Waals surface area contributed by atoms with Crippen LogP contribution < -0.4 is 5.32 Å². The molecule has 1 aliphatic carbocycles. The van der Waals surface area contributed by atoms with Crippen LogP contribution in [0.1, 0.15) is 67.4 Å². The van der Waals surface area contributed by atoms with Crippen LogP contribution >= 0.6 is 11.3 Å². The summed E-state index contributed by atoms with van der Waals surface area (Å²) in [6.07, 6.45) is 4.75. The highest BCUT2D eigenvalue weighted by atomic mass is 32.1. The maximum atomic E-state index is 12.5. The second-order valence-corrected chi connectivity index (χ2v) is 7.99. The first-order valence-corrected chi connectivity index (χ1v) is 10.6. The Morgan fingerprint density at radius 2 is 1.93 bits per heavy atom. The van der Waals surface area contributed by atoms with Crippen LogP contribution in [0.4, 0.5) is 5.69 Å². The molecule has 6 heteroatoms. The molecule has 1 saturated carbocycles. The molecule has 1 aromatic rings. The molecule has 148 valence electrons. The highest BCUT2D eigenvalue weighted by molar-refractivity contribution is 7.15. The highest BCUT2D eigenvalue weighted by Gasteiger charge is 2.26. The standard InChI is InChI=1S/C19H23NO4S.C2H6/c1-12-2-5-14(6-3-12)18(21)20-16-10-15(25-17(16)19(22)23)7-4-13-8-9-24-11-13;1-2/h10,12-14H,2-3,5-6,8-9,11H2,1H3,(H,20,21)(H,22,23);1-2H3. The first kappa shape index (κ1) is 21.5. The fourth-order valence-corrected chi connectivity index (χ4v) is 4.10. The Hall–Kier alpha value is -1.84. The molecule has 2 fully saturated rings. The van der Waals surface area contributed by atoms with E-state index in [0.717, 1.165) is 50.0 Å². The average Bonchev–Trinajstić information content (AvgIpc) is 3.32. The number of hydrogen-bond acceptors (Lipinski definition) is 4. The van der Waals surface area contributed by atoms with Crippen LogP contribution in [0.5, 0.6) is 0 Å². The van der Waals surface area contributed by atoms with E-state index in [-0.39, 0.29) is 22.6 Å². The largest absolute Gasteiger partial charge is 0.477 e. The SMILES string of the molecule is CC.CC1CCC(C(=O)Nc2cc(C#CC3CCOC3)sc2C(=O)O)CC1. The topological polar surface area (TPSA) is 75.6 Å². The van der Waals surface area contributed by atoms with Crippen molar-refractivity contribution in [2.24, 2.45) is 17.8 Å². The predicted octanol–water partition coefficient (Wildman–Crippen LogP) is 4.63.